The van der Waals surface area contributed by atoms with E-state index in [4.69, 9.17) is 0 Å². The fraction of sp³-hybridized carbons (Fsp3) is 0.571. The highest BCUT2D eigenvalue weighted by Gasteiger charge is 2.27. The molecule has 0 bridgehead atoms. The molecule has 0 fully saturated rings. The van der Waals surface area contributed by atoms with Gasteiger partial charge in [-0.15, -0.1) is 0 Å². The molecule has 0 saturated heterocycles. The molecule has 1 N–H and O–H groups in total. The molecule has 1 aromatic rings. The molecule has 2 atom stereocenters. The van der Waals surface area contributed by atoms with Crippen LogP contribution in [0, 0.1) is 11.8 Å². The minimum absolute atomic E-state index is 0.676. The van der Waals surface area contributed by atoms with Crippen molar-refractivity contribution in [3.63, 3.8) is 0 Å². The Hall–Kier alpha value is -0.500. The summed E-state index contributed by atoms with van der Waals surface area (Å²) >= 11 is 3.56. The fourth-order valence-electron chi connectivity index (χ4n) is 2.75. The Balaban J connectivity index is 2.19. The van der Waals surface area contributed by atoms with Crippen LogP contribution in [0.15, 0.2) is 22.7 Å². The fourth-order valence-corrected chi connectivity index (χ4v) is 3.13. The van der Waals surface area contributed by atoms with Gasteiger partial charge in [-0.3, -0.25) is 0 Å². The Morgan fingerprint density at radius 1 is 1.38 bits per heavy atom. The first-order valence-electron chi connectivity index (χ1n) is 6.11. The van der Waals surface area contributed by atoms with Crippen LogP contribution in [-0.4, -0.2) is 6.54 Å². The predicted octanol–water partition coefficient (Wildman–Crippen LogP) is 4.64. The van der Waals surface area contributed by atoms with Gasteiger partial charge < -0.3 is 5.32 Å². The van der Waals surface area contributed by atoms with Crippen molar-refractivity contribution in [2.45, 2.75) is 33.1 Å². The minimum Gasteiger partial charge on any atom is -0.384 e. The number of hydrogen-bond acceptors (Lipinski definition) is 1. The van der Waals surface area contributed by atoms with Crippen molar-refractivity contribution in [2.75, 3.05) is 11.9 Å². The topological polar surface area (TPSA) is 12.0 Å². The van der Waals surface area contributed by atoms with Gasteiger partial charge in [-0.2, -0.15) is 0 Å². The first-order valence-corrected chi connectivity index (χ1v) is 6.90. The van der Waals surface area contributed by atoms with Crippen LogP contribution in [0.3, 0.4) is 0 Å². The van der Waals surface area contributed by atoms with Crippen LogP contribution in [0.5, 0.6) is 0 Å². The molecule has 88 valence electrons. The van der Waals surface area contributed by atoms with Gasteiger partial charge in [0, 0.05) is 22.6 Å². The number of halogens is 1. The summed E-state index contributed by atoms with van der Waals surface area (Å²) in [4.78, 5) is 0. The predicted molar refractivity (Wildman–Crippen MR) is 74.0 cm³/mol. The molecule has 2 heteroatoms. The van der Waals surface area contributed by atoms with E-state index in [0.717, 1.165) is 18.4 Å². The van der Waals surface area contributed by atoms with Crippen molar-refractivity contribution in [3.8, 4) is 0 Å². The van der Waals surface area contributed by atoms with Crippen LogP contribution in [0.25, 0.3) is 0 Å². The first kappa shape index (κ1) is 12.0. The molecular formula is C14H20BrN. The van der Waals surface area contributed by atoms with Crippen LogP contribution < -0.4 is 5.32 Å². The third kappa shape index (κ3) is 2.42. The van der Waals surface area contributed by atoms with Crippen molar-refractivity contribution in [3.05, 3.63) is 28.2 Å². The van der Waals surface area contributed by atoms with Crippen molar-refractivity contribution >= 4 is 21.6 Å². The van der Waals surface area contributed by atoms with Crippen molar-refractivity contribution in [1.82, 2.24) is 0 Å². The smallest absolute Gasteiger partial charge is 0.0377 e. The molecule has 16 heavy (non-hydrogen) atoms. The van der Waals surface area contributed by atoms with Crippen molar-refractivity contribution in [1.29, 1.82) is 0 Å². The average Bonchev–Trinajstić information content (AvgIpc) is 2.59. The second kappa shape index (κ2) is 4.79. The Bertz CT molecular complexity index is 373. The molecule has 2 rings (SSSR count). The summed E-state index contributed by atoms with van der Waals surface area (Å²) in [5.74, 6) is 2.21. The van der Waals surface area contributed by atoms with Gasteiger partial charge in [-0.25, -0.2) is 0 Å². The molecule has 1 aromatic carbocycles. The molecule has 0 radical (unpaired) electrons. The van der Waals surface area contributed by atoms with Gasteiger partial charge in [0.2, 0.25) is 0 Å². The summed E-state index contributed by atoms with van der Waals surface area (Å²) in [6.07, 6.45) is 1.30. The normalized spacial score (nSPS) is 20.7. The van der Waals surface area contributed by atoms with Crippen LogP contribution in [0.2, 0.25) is 0 Å². The van der Waals surface area contributed by atoms with Crippen molar-refractivity contribution in [2.24, 2.45) is 11.8 Å². The van der Waals surface area contributed by atoms with Crippen LogP contribution >= 0.6 is 15.9 Å². The molecule has 1 heterocycles. The lowest BCUT2D eigenvalue weighted by Gasteiger charge is -2.21. The highest BCUT2D eigenvalue weighted by molar-refractivity contribution is 9.10. The summed E-state index contributed by atoms with van der Waals surface area (Å²) in [7, 11) is 0. The van der Waals surface area contributed by atoms with Crippen LogP contribution in [0.4, 0.5) is 5.69 Å². The van der Waals surface area contributed by atoms with E-state index < -0.39 is 0 Å². The zero-order valence-electron chi connectivity index (χ0n) is 10.3. The number of fused-ring (bicyclic) bond motifs is 1. The third-order valence-electron chi connectivity index (χ3n) is 3.46. The zero-order chi connectivity index (χ0) is 11.7. The molecule has 0 aliphatic carbocycles. The summed E-state index contributed by atoms with van der Waals surface area (Å²) in [5.41, 5.74) is 2.81. The van der Waals surface area contributed by atoms with E-state index >= 15 is 0 Å². The Labute approximate surface area is 107 Å². The first-order chi connectivity index (χ1) is 7.58. The summed E-state index contributed by atoms with van der Waals surface area (Å²) in [6, 6.07) is 6.57. The Kier molecular flexibility index (Phi) is 3.58. The third-order valence-corrected chi connectivity index (χ3v) is 3.95. The van der Waals surface area contributed by atoms with E-state index in [2.05, 4.69) is 60.2 Å². The molecule has 1 aliphatic rings. The minimum atomic E-state index is 0.676. The lowest BCUT2D eigenvalue weighted by atomic mass is 9.84. The lowest BCUT2D eigenvalue weighted by Crippen LogP contribution is -2.14. The highest BCUT2D eigenvalue weighted by Crippen LogP contribution is 2.39. The van der Waals surface area contributed by atoms with E-state index in [1.807, 2.05) is 0 Å². The Morgan fingerprint density at radius 2 is 2.12 bits per heavy atom. The molecule has 1 nitrogen and oxygen atoms in total. The zero-order valence-corrected chi connectivity index (χ0v) is 11.8. The van der Waals surface area contributed by atoms with Crippen LogP contribution in [0.1, 0.15) is 38.7 Å². The SMILES string of the molecule is CC(C)CC(C)C1CNc2ccc(Br)cc21. The Morgan fingerprint density at radius 3 is 2.81 bits per heavy atom. The van der Waals surface area contributed by atoms with Gasteiger partial charge in [-0.05, 0) is 42.0 Å². The van der Waals surface area contributed by atoms with E-state index in [1.165, 1.54) is 22.1 Å². The highest BCUT2D eigenvalue weighted by atomic mass is 79.9. The maximum absolute atomic E-state index is 3.56. The second-order valence-electron chi connectivity index (χ2n) is 5.33. The quantitative estimate of drug-likeness (QED) is 0.851. The van der Waals surface area contributed by atoms with Gasteiger partial charge >= 0.3 is 0 Å². The van der Waals surface area contributed by atoms with E-state index in [-0.39, 0.29) is 0 Å². The van der Waals surface area contributed by atoms with Gasteiger partial charge in [0.15, 0.2) is 0 Å². The average molecular weight is 282 g/mol. The summed E-state index contributed by atoms with van der Waals surface area (Å²) in [5, 5.41) is 3.51. The van der Waals surface area contributed by atoms with Crippen LogP contribution in [-0.2, 0) is 0 Å². The molecule has 0 amide bonds. The lowest BCUT2D eigenvalue weighted by molar-refractivity contribution is 0.388. The largest absolute Gasteiger partial charge is 0.384 e. The second-order valence-corrected chi connectivity index (χ2v) is 6.24. The maximum Gasteiger partial charge on any atom is 0.0377 e. The van der Waals surface area contributed by atoms with E-state index in [1.54, 1.807) is 0 Å². The van der Waals surface area contributed by atoms with Crippen molar-refractivity contribution < 1.29 is 0 Å². The summed E-state index contributed by atoms with van der Waals surface area (Å²) in [6.45, 7) is 8.09. The molecule has 0 saturated carbocycles. The number of hydrogen-bond donors (Lipinski definition) is 1. The number of anilines is 1. The van der Waals surface area contributed by atoms with Gasteiger partial charge in [0.1, 0.15) is 0 Å². The summed E-state index contributed by atoms with van der Waals surface area (Å²) < 4.78 is 1.19. The molecule has 2 unspecified atom stereocenters. The molecule has 0 aromatic heterocycles. The standard InChI is InChI=1S/C14H20BrN/c1-9(2)6-10(3)13-8-16-14-5-4-11(15)7-12(13)14/h4-5,7,9-10,13,16H,6,8H2,1-3H3. The maximum atomic E-state index is 3.56. The molecule has 1 aliphatic heterocycles. The number of rotatable bonds is 3. The van der Waals surface area contributed by atoms with Gasteiger partial charge in [0.25, 0.3) is 0 Å². The van der Waals surface area contributed by atoms with E-state index in [9.17, 15) is 0 Å². The number of nitrogens with one attached hydrogen (secondary N) is 1. The monoisotopic (exact) mass is 281 g/mol. The van der Waals surface area contributed by atoms with E-state index in [0.29, 0.717) is 5.92 Å². The molecular weight excluding hydrogens is 262 g/mol. The number of benzene rings is 1. The van der Waals surface area contributed by atoms with Gasteiger partial charge in [-0.1, -0.05) is 36.7 Å². The molecule has 0 spiro atoms. The van der Waals surface area contributed by atoms with Gasteiger partial charge in [0.05, 0.1) is 0 Å².